The van der Waals surface area contributed by atoms with E-state index >= 15 is 0 Å². The highest BCUT2D eigenvalue weighted by Gasteiger charge is 2.45. The number of nitrogens with zero attached hydrogens (tertiary/aromatic N) is 2. The molecule has 3 atom stereocenters. The maximum absolute atomic E-state index is 14.1. The molecule has 0 aliphatic carbocycles. The topological polar surface area (TPSA) is 23.6 Å². The summed E-state index contributed by atoms with van der Waals surface area (Å²) in [5.74, 6) is -0.888. The number of carbonyl (C=O) groups is 1. The van der Waals surface area contributed by atoms with Crippen LogP contribution < -0.4 is 0 Å². The summed E-state index contributed by atoms with van der Waals surface area (Å²) in [5, 5.41) is 0. The van der Waals surface area contributed by atoms with Gasteiger partial charge in [0.25, 0.3) is 0 Å². The Labute approximate surface area is 141 Å². The van der Waals surface area contributed by atoms with Gasteiger partial charge in [0.2, 0.25) is 0 Å². The number of hydrogen-bond acceptors (Lipinski definition) is 1. The van der Waals surface area contributed by atoms with Crippen molar-refractivity contribution in [2.24, 2.45) is 0 Å². The minimum Gasteiger partial charge on any atom is -0.325 e. The molecule has 2 bridgehead atoms. The maximum Gasteiger partial charge on any atom is 0.320 e. The van der Waals surface area contributed by atoms with E-state index in [0.29, 0.717) is 5.56 Å². The van der Waals surface area contributed by atoms with Gasteiger partial charge in [0.15, 0.2) is 0 Å². The number of urea groups is 1. The molecule has 4 rings (SSSR count). The normalized spacial score (nSPS) is 29.8. The van der Waals surface area contributed by atoms with E-state index in [0.717, 1.165) is 57.7 Å². The second-order valence-electron chi connectivity index (χ2n) is 7.46. The smallest absolute Gasteiger partial charge is 0.320 e. The van der Waals surface area contributed by atoms with Crippen LogP contribution in [0.2, 0.25) is 0 Å². The van der Waals surface area contributed by atoms with Crippen LogP contribution in [0.5, 0.6) is 0 Å². The first-order chi connectivity index (χ1) is 11.6. The molecule has 3 fully saturated rings. The van der Waals surface area contributed by atoms with Crippen molar-refractivity contribution in [3.05, 3.63) is 35.4 Å². The van der Waals surface area contributed by atoms with Crippen LogP contribution in [-0.2, 0) is 0 Å². The van der Waals surface area contributed by atoms with Crippen LogP contribution >= 0.6 is 0 Å². The molecule has 24 heavy (non-hydrogen) atoms. The van der Waals surface area contributed by atoms with E-state index < -0.39 is 11.6 Å². The summed E-state index contributed by atoms with van der Waals surface area (Å²) < 4.78 is 27.3. The highest BCUT2D eigenvalue weighted by atomic mass is 19.1. The number of amides is 2. The van der Waals surface area contributed by atoms with Gasteiger partial charge in [-0.15, -0.1) is 0 Å². The Balaban J connectivity index is 1.50. The van der Waals surface area contributed by atoms with Crippen molar-refractivity contribution in [1.29, 1.82) is 0 Å². The standard InChI is InChI=1S/C19H24F2N2O/c20-14-4-7-17(18(21)12-14)13-10-15-5-6-16(11-13)23(15)19(24)22-8-2-1-3-9-22/h4,7,12-13,15-16H,1-3,5-6,8-11H2/t13?,15-,16+. The van der Waals surface area contributed by atoms with Gasteiger partial charge in [-0.2, -0.15) is 0 Å². The second-order valence-corrected chi connectivity index (χ2v) is 7.46. The number of benzene rings is 1. The maximum atomic E-state index is 14.1. The zero-order chi connectivity index (χ0) is 16.7. The zero-order valence-electron chi connectivity index (χ0n) is 13.9. The predicted octanol–water partition coefficient (Wildman–Crippen LogP) is 4.28. The summed E-state index contributed by atoms with van der Waals surface area (Å²) >= 11 is 0. The molecule has 0 aromatic heterocycles. The molecular formula is C19H24F2N2O. The van der Waals surface area contributed by atoms with Crippen molar-refractivity contribution in [3.8, 4) is 0 Å². The summed E-state index contributed by atoms with van der Waals surface area (Å²) in [6.07, 6.45) is 6.99. The number of likely N-dealkylation sites (tertiary alicyclic amines) is 1. The van der Waals surface area contributed by atoms with E-state index in [1.165, 1.54) is 12.5 Å². The molecule has 3 aliphatic heterocycles. The van der Waals surface area contributed by atoms with Gasteiger partial charge in [0, 0.05) is 31.2 Å². The van der Waals surface area contributed by atoms with Crippen LogP contribution in [0.3, 0.4) is 0 Å². The minimum absolute atomic E-state index is 0.0912. The average molecular weight is 334 g/mol. The third kappa shape index (κ3) is 2.78. The van der Waals surface area contributed by atoms with Gasteiger partial charge in [0.1, 0.15) is 11.6 Å². The Bertz CT molecular complexity index is 616. The number of hydrogen-bond donors (Lipinski definition) is 0. The van der Waals surface area contributed by atoms with E-state index in [4.69, 9.17) is 0 Å². The van der Waals surface area contributed by atoms with Crippen LogP contribution in [0, 0.1) is 11.6 Å². The van der Waals surface area contributed by atoms with Gasteiger partial charge in [-0.25, -0.2) is 13.6 Å². The van der Waals surface area contributed by atoms with E-state index in [-0.39, 0.29) is 24.0 Å². The molecule has 3 saturated heterocycles. The molecule has 5 heteroatoms. The van der Waals surface area contributed by atoms with Crippen LogP contribution in [0.15, 0.2) is 18.2 Å². The fourth-order valence-corrected chi connectivity index (χ4v) is 4.82. The summed E-state index contributed by atoms with van der Waals surface area (Å²) in [6.45, 7) is 1.73. The van der Waals surface area contributed by atoms with Crippen molar-refractivity contribution in [1.82, 2.24) is 9.80 Å². The first kappa shape index (κ1) is 15.9. The van der Waals surface area contributed by atoms with Crippen molar-refractivity contribution >= 4 is 6.03 Å². The number of carbonyl (C=O) groups excluding carboxylic acids is 1. The molecule has 2 amide bonds. The Morgan fingerprint density at radius 3 is 2.29 bits per heavy atom. The number of piperidine rings is 2. The van der Waals surface area contributed by atoms with Crippen molar-refractivity contribution in [3.63, 3.8) is 0 Å². The Morgan fingerprint density at radius 2 is 1.67 bits per heavy atom. The summed E-state index contributed by atoms with van der Waals surface area (Å²) in [5.41, 5.74) is 0.610. The Morgan fingerprint density at radius 1 is 1.00 bits per heavy atom. The van der Waals surface area contributed by atoms with Gasteiger partial charge in [-0.05, 0) is 62.5 Å². The molecule has 1 aromatic rings. The third-order valence-electron chi connectivity index (χ3n) is 5.98. The fraction of sp³-hybridized carbons (Fsp3) is 0.632. The highest BCUT2D eigenvalue weighted by Crippen LogP contribution is 2.44. The number of halogens is 2. The molecule has 1 aromatic carbocycles. The molecule has 1 unspecified atom stereocenters. The predicted molar refractivity (Wildman–Crippen MR) is 87.8 cm³/mol. The minimum atomic E-state index is -0.531. The van der Waals surface area contributed by atoms with E-state index in [1.807, 2.05) is 4.90 Å². The monoisotopic (exact) mass is 334 g/mol. The molecule has 0 N–H and O–H groups in total. The van der Waals surface area contributed by atoms with Crippen molar-refractivity contribution in [2.45, 2.75) is 62.9 Å². The van der Waals surface area contributed by atoms with Crippen LogP contribution in [0.25, 0.3) is 0 Å². The summed E-state index contributed by atoms with van der Waals surface area (Å²) in [7, 11) is 0. The van der Waals surface area contributed by atoms with E-state index in [2.05, 4.69) is 4.90 Å². The lowest BCUT2D eigenvalue weighted by Gasteiger charge is -2.42. The molecule has 130 valence electrons. The molecular weight excluding hydrogens is 310 g/mol. The first-order valence-corrected chi connectivity index (χ1v) is 9.15. The van der Waals surface area contributed by atoms with Gasteiger partial charge in [-0.1, -0.05) is 6.07 Å². The number of fused-ring (bicyclic) bond motifs is 2. The van der Waals surface area contributed by atoms with Gasteiger partial charge in [0.05, 0.1) is 0 Å². The van der Waals surface area contributed by atoms with Crippen molar-refractivity contribution in [2.75, 3.05) is 13.1 Å². The fourth-order valence-electron chi connectivity index (χ4n) is 4.82. The van der Waals surface area contributed by atoms with Crippen LogP contribution in [-0.4, -0.2) is 41.0 Å². The van der Waals surface area contributed by atoms with Crippen molar-refractivity contribution < 1.29 is 13.6 Å². The Hall–Kier alpha value is -1.65. The molecule has 3 aliphatic rings. The lowest BCUT2D eigenvalue weighted by molar-refractivity contribution is 0.0987. The Kier molecular flexibility index (Phi) is 4.19. The SMILES string of the molecule is O=C(N1CCCCC1)N1[C@@H]2CC[C@H]1CC(c1ccc(F)cc1F)C2. The van der Waals surface area contributed by atoms with E-state index in [1.54, 1.807) is 6.07 Å². The summed E-state index contributed by atoms with van der Waals surface area (Å²) in [6, 6.07) is 4.48. The molecule has 0 spiro atoms. The summed E-state index contributed by atoms with van der Waals surface area (Å²) in [4.78, 5) is 17.0. The molecule has 0 radical (unpaired) electrons. The second kappa shape index (κ2) is 6.34. The molecule has 3 heterocycles. The zero-order valence-corrected chi connectivity index (χ0v) is 13.9. The van der Waals surface area contributed by atoms with Gasteiger partial charge in [-0.3, -0.25) is 0 Å². The quantitative estimate of drug-likeness (QED) is 0.752. The van der Waals surface area contributed by atoms with Crippen LogP contribution in [0.1, 0.15) is 56.4 Å². The largest absolute Gasteiger partial charge is 0.325 e. The van der Waals surface area contributed by atoms with Gasteiger partial charge >= 0.3 is 6.03 Å². The highest BCUT2D eigenvalue weighted by molar-refractivity contribution is 5.76. The lowest BCUT2D eigenvalue weighted by atomic mass is 9.85. The van der Waals surface area contributed by atoms with Crippen LogP contribution in [0.4, 0.5) is 13.6 Å². The average Bonchev–Trinajstić information content (AvgIpc) is 2.85. The molecule has 0 saturated carbocycles. The molecule has 3 nitrogen and oxygen atoms in total. The van der Waals surface area contributed by atoms with Gasteiger partial charge < -0.3 is 9.80 Å². The lowest BCUT2D eigenvalue weighted by Crippen LogP contribution is -2.53. The van der Waals surface area contributed by atoms with E-state index in [9.17, 15) is 13.6 Å². The number of rotatable bonds is 1. The first-order valence-electron chi connectivity index (χ1n) is 9.15. The third-order valence-corrected chi connectivity index (χ3v) is 5.98.